The number of rotatable bonds is 3. The van der Waals surface area contributed by atoms with Crippen LogP contribution in [-0.2, 0) is 13.0 Å². The third-order valence-corrected chi connectivity index (χ3v) is 7.01. The molecule has 27 heavy (non-hydrogen) atoms. The van der Waals surface area contributed by atoms with E-state index in [1.807, 2.05) is 48.4 Å². The lowest BCUT2D eigenvalue weighted by molar-refractivity contribution is 0.0735. The van der Waals surface area contributed by atoms with Gasteiger partial charge in [0.05, 0.1) is 4.88 Å². The van der Waals surface area contributed by atoms with Crippen molar-refractivity contribution in [3.05, 3.63) is 73.1 Å². The van der Waals surface area contributed by atoms with Gasteiger partial charge in [-0.3, -0.25) is 9.59 Å². The minimum absolute atomic E-state index is 0.0211. The van der Waals surface area contributed by atoms with Gasteiger partial charge >= 0.3 is 0 Å². The predicted molar refractivity (Wildman–Crippen MR) is 111 cm³/mol. The molecule has 0 saturated heterocycles. The van der Waals surface area contributed by atoms with Gasteiger partial charge in [-0.2, -0.15) is 0 Å². The van der Waals surface area contributed by atoms with Gasteiger partial charge in [0.1, 0.15) is 0 Å². The molecular weight excluding hydrogens is 376 g/mol. The normalized spacial score (nSPS) is 13.3. The number of nitrogens with one attached hydrogen (secondary N) is 1. The van der Waals surface area contributed by atoms with Crippen molar-refractivity contribution < 1.29 is 9.59 Å². The Kier molecular flexibility index (Phi) is 4.85. The van der Waals surface area contributed by atoms with E-state index in [-0.39, 0.29) is 11.8 Å². The van der Waals surface area contributed by atoms with Gasteiger partial charge < -0.3 is 10.2 Å². The molecule has 1 aliphatic rings. The van der Waals surface area contributed by atoms with Crippen molar-refractivity contribution in [3.63, 3.8) is 0 Å². The molecule has 2 amide bonds. The maximum Gasteiger partial charge on any atom is 0.266 e. The van der Waals surface area contributed by atoms with Crippen molar-refractivity contribution in [2.45, 2.75) is 26.8 Å². The fourth-order valence-corrected chi connectivity index (χ4v) is 5.09. The van der Waals surface area contributed by atoms with Gasteiger partial charge in [-0.1, -0.05) is 6.07 Å². The smallest absolute Gasteiger partial charge is 0.266 e. The summed E-state index contributed by atoms with van der Waals surface area (Å²) >= 11 is 3.19. The Morgan fingerprint density at radius 3 is 2.67 bits per heavy atom. The van der Waals surface area contributed by atoms with Crippen LogP contribution in [0.15, 0.2) is 41.1 Å². The van der Waals surface area contributed by atoms with E-state index in [9.17, 15) is 9.59 Å². The fourth-order valence-electron chi connectivity index (χ4n) is 3.38. The van der Waals surface area contributed by atoms with E-state index in [0.29, 0.717) is 22.7 Å². The third kappa shape index (κ3) is 3.42. The highest BCUT2D eigenvalue weighted by atomic mass is 32.1. The third-order valence-electron chi connectivity index (χ3n) is 4.98. The number of carbonyl (C=O) groups is 2. The van der Waals surface area contributed by atoms with Crippen molar-refractivity contribution in [1.82, 2.24) is 4.90 Å². The number of hydrogen-bond donors (Lipinski definition) is 1. The molecule has 3 heterocycles. The molecule has 0 bridgehead atoms. The minimum Gasteiger partial charge on any atom is -0.334 e. The maximum atomic E-state index is 13.1. The largest absolute Gasteiger partial charge is 0.334 e. The van der Waals surface area contributed by atoms with E-state index in [4.69, 9.17) is 0 Å². The highest BCUT2D eigenvalue weighted by Gasteiger charge is 2.24. The SMILES string of the molecule is Cc1ccsc1C(=O)Nc1cccc(C(=O)N2CCc3sccc3C2)c1C. The van der Waals surface area contributed by atoms with Crippen molar-refractivity contribution >= 4 is 40.2 Å². The van der Waals surface area contributed by atoms with Crippen LogP contribution in [0.2, 0.25) is 0 Å². The van der Waals surface area contributed by atoms with Crippen LogP contribution in [0.1, 0.15) is 41.6 Å². The van der Waals surface area contributed by atoms with Gasteiger partial charge in [0, 0.05) is 29.2 Å². The Balaban J connectivity index is 1.56. The van der Waals surface area contributed by atoms with E-state index >= 15 is 0 Å². The molecule has 3 aromatic rings. The van der Waals surface area contributed by atoms with Crippen LogP contribution >= 0.6 is 22.7 Å². The molecule has 4 nitrogen and oxygen atoms in total. The van der Waals surface area contributed by atoms with Gasteiger partial charge in [-0.25, -0.2) is 0 Å². The molecule has 0 unspecified atom stereocenters. The van der Waals surface area contributed by atoms with Crippen molar-refractivity contribution in [3.8, 4) is 0 Å². The molecule has 1 N–H and O–H groups in total. The molecule has 1 aliphatic heterocycles. The lowest BCUT2D eigenvalue weighted by Gasteiger charge is -2.28. The summed E-state index contributed by atoms with van der Waals surface area (Å²) in [5, 5.41) is 6.96. The molecule has 0 spiro atoms. The molecule has 4 rings (SSSR count). The fraction of sp³-hybridized carbons (Fsp3) is 0.238. The number of aryl methyl sites for hydroxylation is 1. The Morgan fingerprint density at radius 1 is 1.07 bits per heavy atom. The molecule has 2 aromatic heterocycles. The average molecular weight is 397 g/mol. The van der Waals surface area contributed by atoms with Gasteiger partial charge in [0.15, 0.2) is 0 Å². The molecule has 0 atom stereocenters. The summed E-state index contributed by atoms with van der Waals surface area (Å²) in [6.07, 6.45) is 0.909. The van der Waals surface area contributed by atoms with Crippen LogP contribution in [0, 0.1) is 13.8 Å². The molecule has 138 valence electrons. The number of hydrogen-bond acceptors (Lipinski definition) is 4. The number of benzene rings is 1. The summed E-state index contributed by atoms with van der Waals surface area (Å²) in [5.41, 5.74) is 4.35. The Labute approximate surface area is 166 Å². The van der Waals surface area contributed by atoms with Gasteiger partial charge in [-0.15, -0.1) is 22.7 Å². The zero-order chi connectivity index (χ0) is 19.0. The zero-order valence-electron chi connectivity index (χ0n) is 15.2. The van der Waals surface area contributed by atoms with E-state index in [1.165, 1.54) is 21.8 Å². The monoisotopic (exact) mass is 396 g/mol. The summed E-state index contributed by atoms with van der Waals surface area (Å²) in [6.45, 7) is 5.20. The zero-order valence-corrected chi connectivity index (χ0v) is 16.9. The van der Waals surface area contributed by atoms with E-state index in [0.717, 1.165) is 24.1 Å². The standard InChI is InChI=1S/C21H20N2O2S2/c1-13-7-10-27-19(13)20(24)22-17-5-3-4-16(14(17)2)21(25)23-9-6-18-15(12-23)8-11-26-18/h3-5,7-8,10-11H,6,9,12H2,1-2H3,(H,22,24). The molecule has 0 fully saturated rings. The Bertz CT molecular complexity index is 1020. The molecule has 0 radical (unpaired) electrons. The number of nitrogens with zero attached hydrogens (tertiary/aromatic N) is 1. The predicted octanol–water partition coefficient (Wildman–Crippen LogP) is 4.88. The van der Waals surface area contributed by atoms with Gasteiger partial charge in [-0.05, 0) is 72.0 Å². The summed E-state index contributed by atoms with van der Waals surface area (Å²) in [4.78, 5) is 29.6. The topological polar surface area (TPSA) is 49.4 Å². The first-order valence-electron chi connectivity index (χ1n) is 8.84. The maximum absolute atomic E-state index is 13.1. The summed E-state index contributed by atoms with van der Waals surface area (Å²) < 4.78 is 0. The van der Waals surface area contributed by atoms with Crippen LogP contribution in [-0.4, -0.2) is 23.3 Å². The molecule has 6 heteroatoms. The lowest BCUT2D eigenvalue weighted by Crippen LogP contribution is -2.35. The number of anilines is 1. The quantitative estimate of drug-likeness (QED) is 0.686. The molecular formula is C21H20N2O2S2. The van der Waals surface area contributed by atoms with Crippen LogP contribution in [0.5, 0.6) is 0 Å². The van der Waals surface area contributed by atoms with Crippen LogP contribution in [0.3, 0.4) is 0 Å². The molecule has 0 saturated carbocycles. The summed E-state index contributed by atoms with van der Waals surface area (Å²) in [5.74, 6) is -0.108. The molecule has 1 aromatic carbocycles. The first kappa shape index (κ1) is 17.9. The highest BCUT2D eigenvalue weighted by molar-refractivity contribution is 7.12. The molecule has 0 aliphatic carbocycles. The number of carbonyl (C=O) groups excluding carboxylic acids is 2. The summed E-state index contributed by atoms with van der Waals surface area (Å²) in [7, 11) is 0. The van der Waals surface area contributed by atoms with Crippen LogP contribution in [0.25, 0.3) is 0 Å². The Morgan fingerprint density at radius 2 is 1.89 bits per heavy atom. The second kappa shape index (κ2) is 7.29. The highest BCUT2D eigenvalue weighted by Crippen LogP contribution is 2.27. The number of fused-ring (bicyclic) bond motifs is 1. The van der Waals surface area contributed by atoms with E-state index in [1.54, 1.807) is 11.3 Å². The van der Waals surface area contributed by atoms with Crippen molar-refractivity contribution in [2.75, 3.05) is 11.9 Å². The second-order valence-electron chi connectivity index (χ2n) is 6.71. The lowest BCUT2D eigenvalue weighted by atomic mass is 10.0. The summed E-state index contributed by atoms with van der Waals surface area (Å²) in [6, 6.07) is 9.55. The number of thiophene rings is 2. The first-order valence-corrected chi connectivity index (χ1v) is 10.6. The Hall–Kier alpha value is -2.44. The van der Waals surface area contributed by atoms with E-state index < -0.39 is 0 Å². The van der Waals surface area contributed by atoms with Gasteiger partial charge in [0.25, 0.3) is 11.8 Å². The van der Waals surface area contributed by atoms with Crippen molar-refractivity contribution in [1.29, 1.82) is 0 Å². The van der Waals surface area contributed by atoms with Crippen LogP contribution in [0.4, 0.5) is 5.69 Å². The van der Waals surface area contributed by atoms with Crippen LogP contribution < -0.4 is 5.32 Å². The number of amides is 2. The van der Waals surface area contributed by atoms with Gasteiger partial charge in [0.2, 0.25) is 0 Å². The first-order chi connectivity index (χ1) is 13.0. The van der Waals surface area contributed by atoms with E-state index in [2.05, 4.69) is 16.8 Å². The average Bonchev–Trinajstić information content (AvgIpc) is 3.30. The van der Waals surface area contributed by atoms with Crippen molar-refractivity contribution in [2.24, 2.45) is 0 Å². The minimum atomic E-state index is -0.129. The second-order valence-corrected chi connectivity index (χ2v) is 8.63.